The van der Waals surface area contributed by atoms with Crippen LogP contribution in [-0.2, 0) is 0 Å². The van der Waals surface area contributed by atoms with Crippen molar-refractivity contribution in [3.05, 3.63) is 33.9 Å². The van der Waals surface area contributed by atoms with E-state index < -0.39 is 11.0 Å². The highest BCUT2D eigenvalue weighted by molar-refractivity contribution is 5.48. The van der Waals surface area contributed by atoms with Gasteiger partial charge in [0.2, 0.25) is 0 Å². The van der Waals surface area contributed by atoms with Gasteiger partial charge in [0.1, 0.15) is 11.9 Å². The number of aliphatic hydroxyl groups is 1. The highest BCUT2D eigenvalue weighted by Gasteiger charge is 2.28. The summed E-state index contributed by atoms with van der Waals surface area (Å²) in [5.41, 5.74) is 0.562. The maximum Gasteiger partial charge on any atom is 0.276 e. The first-order chi connectivity index (χ1) is 8.09. The largest absolute Gasteiger partial charge is 0.487 e. The van der Waals surface area contributed by atoms with E-state index in [1.54, 1.807) is 19.1 Å². The molecule has 5 nitrogen and oxygen atoms in total. The van der Waals surface area contributed by atoms with Gasteiger partial charge in [-0.1, -0.05) is 6.07 Å². The summed E-state index contributed by atoms with van der Waals surface area (Å²) in [7, 11) is 0. The molecule has 5 heteroatoms. The zero-order chi connectivity index (χ0) is 12.4. The maximum absolute atomic E-state index is 10.8. The van der Waals surface area contributed by atoms with Crippen molar-refractivity contribution in [2.24, 2.45) is 0 Å². The number of nitro benzene ring substituents is 1. The summed E-state index contributed by atoms with van der Waals surface area (Å²) in [6, 6.07) is 4.75. The SMILES string of the molecule is Cc1c(O[C@@H]2CCC[C@H]2O)cccc1[N+](=O)[O-]. The zero-order valence-electron chi connectivity index (χ0n) is 9.63. The van der Waals surface area contributed by atoms with E-state index in [-0.39, 0.29) is 11.8 Å². The Bertz CT molecular complexity index is 433. The Kier molecular flexibility index (Phi) is 3.28. The predicted octanol–water partition coefficient (Wildman–Crippen LogP) is 2.20. The molecular formula is C12H15NO4. The van der Waals surface area contributed by atoms with Crippen molar-refractivity contribution < 1.29 is 14.8 Å². The molecule has 1 N–H and O–H groups in total. The molecule has 0 amide bonds. The first kappa shape index (κ1) is 11.9. The van der Waals surface area contributed by atoms with Crippen LogP contribution in [0.3, 0.4) is 0 Å². The summed E-state index contributed by atoms with van der Waals surface area (Å²) in [6.07, 6.45) is 1.76. The Balaban J connectivity index is 2.21. The molecule has 2 rings (SSSR count). The monoisotopic (exact) mass is 237 g/mol. The number of aliphatic hydroxyl groups excluding tert-OH is 1. The lowest BCUT2D eigenvalue weighted by Gasteiger charge is -2.18. The van der Waals surface area contributed by atoms with Crippen LogP contribution < -0.4 is 4.74 Å². The average Bonchev–Trinajstić information content (AvgIpc) is 2.67. The third-order valence-electron chi connectivity index (χ3n) is 3.15. The van der Waals surface area contributed by atoms with Gasteiger partial charge in [-0.25, -0.2) is 0 Å². The van der Waals surface area contributed by atoms with E-state index in [1.807, 2.05) is 0 Å². The minimum Gasteiger partial charge on any atom is -0.487 e. The third kappa shape index (κ3) is 2.39. The minimum atomic E-state index is -0.464. The Morgan fingerprint density at radius 2 is 2.24 bits per heavy atom. The lowest BCUT2D eigenvalue weighted by molar-refractivity contribution is -0.385. The molecule has 0 bridgehead atoms. The van der Waals surface area contributed by atoms with Gasteiger partial charge in [0, 0.05) is 6.07 Å². The van der Waals surface area contributed by atoms with E-state index in [0.29, 0.717) is 11.3 Å². The molecular weight excluding hydrogens is 222 g/mol. The van der Waals surface area contributed by atoms with Gasteiger partial charge in [-0.2, -0.15) is 0 Å². The quantitative estimate of drug-likeness (QED) is 0.646. The van der Waals surface area contributed by atoms with Crippen LogP contribution in [0.25, 0.3) is 0 Å². The van der Waals surface area contributed by atoms with Gasteiger partial charge in [-0.15, -0.1) is 0 Å². The second-order valence-corrected chi connectivity index (χ2v) is 4.31. The lowest BCUT2D eigenvalue weighted by atomic mass is 10.1. The smallest absolute Gasteiger partial charge is 0.276 e. The van der Waals surface area contributed by atoms with Crippen LogP contribution in [0.5, 0.6) is 5.75 Å². The molecule has 1 aromatic carbocycles. The zero-order valence-corrected chi connectivity index (χ0v) is 9.63. The number of rotatable bonds is 3. The number of hydrogen-bond donors (Lipinski definition) is 1. The van der Waals surface area contributed by atoms with Crippen LogP contribution in [0.4, 0.5) is 5.69 Å². The molecule has 0 aliphatic heterocycles. The van der Waals surface area contributed by atoms with E-state index in [1.165, 1.54) is 6.07 Å². The van der Waals surface area contributed by atoms with Gasteiger partial charge in [-0.3, -0.25) is 10.1 Å². The van der Waals surface area contributed by atoms with E-state index in [4.69, 9.17) is 4.74 Å². The Labute approximate surface area is 99.2 Å². The second kappa shape index (κ2) is 4.71. The topological polar surface area (TPSA) is 72.6 Å². The van der Waals surface area contributed by atoms with E-state index >= 15 is 0 Å². The number of nitro groups is 1. The van der Waals surface area contributed by atoms with Crippen molar-refractivity contribution in [3.63, 3.8) is 0 Å². The molecule has 1 aliphatic carbocycles. The summed E-state index contributed by atoms with van der Waals surface area (Å²) in [5.74, 6) is 0.491. The highest BCUT2D eigenvalue weighted by Crippen LogP contribution is 2.31. The second-order valence-electron chi connectivity index (χ2n) is 4.31. The van der Waals surface area contributed by atoms with Crippen LogP contribution in [0.1, 0.15) is 24.8 Å². The number of ether oxygens (including phenoxy) is 1. The number of benzene rings is 1. The van der Waals surface area contributed by atoms with Crippen LogP contribution in [-0.4, -0.2) is 22.2 Å². The number of hydrogen-bond acceptors (Lipinski definition) is 4. The molecule has 92 valence electrons. The van der Waals surface area contributed by atoms with Gasteiger partial charge in [0.15, 0.2) is 0 Å². The van der Waals surface area contributed by atoms with Crippen molar-refractivity contribution in [2.45, 2.75) is 38.4 Å². The van der Waals surface area contributed by atoms with Gasteiger partial charge in [0.25, 0.3) is 5.69 Å². The Morgan fingerprint density at radius 1 is 1.47 bits per heavy atom. The minimum absolute atomic E-state index is 0.0509. The molecule has 1 aliphatic rings. The molecule has 1 fully saturated rings. The van der Waals surface area contributed by atoms with Crippen LogP contribution >= 0.6 is 0 Å². The first-order valence-electron chi connectivity index (χ1n) is 5.68. The Hall–Kier alpha value is -1.62. The Morgan fingerprint density at radius 3 is 2.82 bits per heavy atom. The molecule has 0 heterocycles. The van der Waals surface area contributed by atoms with Crippen LogP contribution in [0.15, 0.2) is 18.2 Å². The normalized spacial score (nSPS) is 23.6. The van der Waals surface area contributed by atoms with Crippen molar-refractivity contribution in [1.82, 2.24) is 0 Å². The first-order valence-corrected chi connectivity index (χ1v) is 5.68. The fourth-order valence-corrected chi connectivity index (χ4v) is 2.14. The fraction of sp³-hybridized carbons (Fsp3) is 0.500. The molecule has 17 heavy (non-hydrogen) atoms. The molecule has 1 saturated carbocycles. The molecule has 0 spiro atoms. The number of nitrogens with zero attached hydrogens (tertiary/aromatic N) is 1. The maximum atomic E-state index is 10.8. The summed E-state index contributed by atoms with van der Waals surface area (Å²) in [5, 5.41) is 20.4. The van der Waals surface area contributed by atoms with Crippen molar-refractivity contribution >= 4 is 5.69 Å². The molecule has 2 atom stereocenters. The summed E-state index contributed by atoms with van der Waals surface area (Å²) < 4.78 is 5.65. The third-order valence-corrected chi connectivity index (χ3v) is 3.15. The summed E-state index contributed by atoms with van der Waals surface area (Å²) in [6.45, 7) is 1.66. The van der Waals surface area contributed by atoms with E-state index in [0.717, 1.165) is 19.3 Å². The standard InChI is InChI=1S/C12H15NO4/c1-8-9(13(15)16)4-2-6-11(8)17-12-7-3-5-10(12)14/h2,4,6,10,12,14H,3,5,7H2,1H3/t10-,12-/m1/s1. The predicted molar refractivity (Wildman–Crippen MR) is 62.1 cm³/mol. The van der Waals surface area contributed by atoms with E-state index in [9.17, 15) is 15.2 Å². The molecule has 0 unspecified atom stereocenters. The van der Waals surface area contributed by atoms with Crippen molar-refractivity contribution in [1.29, 1.82) is 0 Å². The molecule has 1 aromatic rings. The molecule has 0 radical (unpaired) electrons. The van der Waals surface area contributed by atoms with Crippen molar-refractivity contribution in [3.8, 4) is 5.75 Å². The van der Waals surface area contributed by atoms with Crippen LogP contribution in [0.2, 0.25) is 0 Å². The fourth-order valence-electron chi connectivity index (χ4n) is 2.14. The molecule has 0 saturated heterocycles. The van der Waals surface area contributed by atoms with Gasteiger partial charge >= 0.3 is 0 Å². The van der Waals surface area contributed by atoms with Gasteiger partial charge in [0.05, 0.1) is 16.6 Å². The molecule has 0 aromatic heterocycles. The van der Waals surface area contributed by atoms with Gasteiger partial charge in [-0.05, 0) is 32.3 Å². The summed E-state index contributed by atoms with van der Waals surface area (Å²) in [4.78, 5) is 10.4. The van der Waals surface area contributed by atoms with E-state index in [2.05, 4.69) is 0 Å². The van der Waals surface area contributed by atoms with Crippen LogP contribution in [0, 0.1) is 17.0 Å². The van der Waals surface area contributed by atoms with Crippen molar-refractivity contribution in [2.75, 3.05) is 0 Å². The lowest BCUT2D eigenvalue weighted by Crippen LogP contribution is -2.25. The average molecular weight is 237 g/mol. The van der Waals surface area contributed by atoms with Gasteiger partial charge < -0.3 is 9.84 Å². The highest BCUT2D eigenvalue weighted by atomic mass is 16.6. The summed E-state index contributed by atoms with van der Waals surface area (Å²) >= 11 is 0.